The van der Waals surface area contributed by atoms with Crippen LogP contribution in [0.25, 0.3) is 0 Å². The molecule has 0 saturated carbocycles. The minimum absolute atomic E-state index is 0.0770. The predicted octanol–water partition coefficient (Wildman–Crippen LogP) is 6.16. The largest absolute Gasteiger partial charge is 0.496 e. The fourth-order valence-corrected chi connectivity index (χ4v) is 4.47. The van der Waals surface area contributed by atoms with Crippen LogP contribution in [0.1, 0.15) is 63.1 Å². The van der Waals surface area contributed by atoms with Crippen LogP contribution in [-0.4, -0.2) is 30.3 Å². The maximum absolute atomic E-state index is 11.2. The van der Waals surface area contributed by atoms with Crippen LogP contribution in [0.5, 0.6) is 5.75 Å². The van der Waals surface area contributed by atoms with Crippen molar-refractivity contribution in [3.05, 3.63) is 57.1 Å². The first kappa shape index (κ1) is 21.8. The normalized spacial score (nSPS) is 17.8. The van der Waals surface area contributed by atoms with Gasteiger partial charge in [0.25, 0.3) is 5.69 Å². The number of aliphatic imine (C=N–C) groups is 1. The van der Waals surface area contributed by atoms with Gasteiger partial charge in [-0.15, -0.1) is 0 Å². The van der Waals surface area contributed by atoms with E-state index >= 15 is 0 Å². The first-order valence-corrected chi connectivity index (χ1v) is 10.5. The van der Waals surface area contributed by atoms with Crippen molar-refractivity contribution >= 4 is 23.3 Å². The Morgan fingerprint density at radius 3 is 2.70 bits per heavy atom. The molecule has 6 heteroatoms. The quantitative estimate of drug-likeness (QED) is 0.325. The van der Waals surface area contributed by atoms with Gasteiger partial charge in [0.2, 0.25) is 0 Å². The molecule has 0 amide bonds. The zero-order valence-corrected chi connectivity index (χ0v) is 18.7. The van der Waals surface area contributed by atoms with Crippen molar-refractivity contribution in [3.8, 4) is 5.75 Å². The summed E-state index contributed by atoms with van der Waals surface area (Å²) in [5.41, 5.74) is 4.73. The van der Waals surface area contributed by atoms with E-state index < -0.39 is 0 Å². The second-order valence-corrected chi connectivity index (χ2v) is 8.71. The number of ether oxygens (including phenoxy) is 1. The van der Waals surface area contributed by atoms with Gasteiger partial charge >= 0.3 is 0 Å². The highest BCUT2D eigenvalue weighted by Crippen LogP contribution is 2.45. The number of hydrogen-bond acceptors (Lipinski definition) is 5. The van der Waals surface area contributed by atoms with Gasteiger partial charge in [-0.3, -0.25) is 15.1 Å². The topological polar surface area (TPSA) is 68.0 Å². The fraction of sp³-hybridized carbons (Fsp3) is 0.458. The molecule has 1 aliphatic rings. The van der Waals surface area contributed by atoms with E-state index in [-0.39, 0.29) is 16.1 Å². The van der Waals surface area contributed by atoms with Crippen molar-refractivity contribution in [2.75, 3.05) is 18.6 Å². The van der Waals surface area contributed by atoms with E-state index in [0.29, 0.717) is 17.2 Å². The molecule has 2 aromatic carbocycles. The number of hydrogen-bond donors (Lipinski definition) is 0. The molecule has 1 heterocycles. The molecular formula is C24H31N3O3. The lowest BCUT2D eigenvalue weighted by Crippen LogP contribution is -2.48. The maximum Gasteiger partial charge on any atom is 0.274 e. The van der Waals surface area contributed by atoms with Crippen LogP contribution in [0.15, 0.2) is 35.3 Å². The number of benzene rings is 2. The number of fused-ring (bicyclic) bond motifs is 1. The van der Waals surface area contributed by atoms with E-state index in [4.69, 9.17) is 4.74 Å². The van der Waals surface area contributed by atoms with Crippen LogP contribution >= 0.6 is 0 Å². The van der Waals surface area contributed by atoms with Gasteiger partial charge in [0.15, 0.2) is 0 Å². The zero-order valence-electron chi connectivity index (χ0n) is 18.7. The molecule has 0 fully saturated rings. The Hall–Kier alpha value is -2.89. The van der Waals surface area contributed by atoms with Gasteiger partial charge in [-0.05, 0) is 57.2 Å². The highest BCUT2D eigenvalue weighted by atomic mass is 16.6. The summed E-state index contributed by atoms with van der Waals surface area (Å²) in [4.78, 5) is 17.8. The van der Waals surface area contributed by atoms with Gasteiger partial charge in [-0.25, -0.2) is 0 Å². The maximum atomic E-state index is 11.2. The molecule has 0 radical (unpaired) electrons. The van der Waals surface area contributed by atoms with Gasteiger partial charge in [0.05, 0.1) is 17.7 Å². The van der Waals surface area contributed by atoms with Gasteiger partial charge < -0.3 is 9.64 Å². The lowest BCUT2D eigenvalue weighted by atomic mass is 9.79. The number of nitrogens with zero attached hydrogens (tertiary/aromatic N) is 3. The summed E-state index contributed by atoms with van der Waals surface area (Å²) >= 11 is 0. The number of rotatable bonds is 6. The second kappa shape index (κ2) is 8.46. The lowest BCUT2D eigenvalue weighted by molar-refractivity contribution is -0.385. The van der Waals surface area contributed by atoms with Gasteiger partial charge in [0.1, 0.15) is 5.75 Å². The van der Waals surface area contributed by atoms with Crippen LogP contribution < -0.4 is 9.64 Å². The smallest absolute Gasteiger partial charge is 0.274 e. The molecule has 0 N–H and O–H groups in total. The first-order chi connectivity index (χ1) is 14.2. The zero-order chi connectivity index (χ0) is 22.1. The van der Waals surface area contributed by atoms with Crippen molar-refractivity contribution in [2.45, 2.75) is 58.9 Å². The Morgan fingerprint density at radius 2 is 2.07 bits per heavy atom. The molecule has 160 valence electrons. The molecule has 1 unspecified atom stereocenters. The average molecular weight is 410 g/mol. The summed E-state index contributed by atoms with van der Waals surface area (Å²) in [6, 6.07) is 9.29. The average Bonchev–Trinajstić information content (AvgIpc) is 2.69. The summed E-state index contributed by atoms with van der Waals surface area (Å²) in [6.07, 6.45) is 3.90. The van der Waals surface area contributed by atoms with Crippen molar-refractivity contribution in [2.24, 2.45) is 4.99 Å². The lowest BCUT2D eigenvalue weighted by Gasteiger charge is -2.47. The summed E-state index contributed by atoms with van der Waals surface area (Å²) < 4.78 is 5.68. The summed E-state index contributed by atoms with van der Waals surface area (Å²) in [6.45, 7) is 11.8. The Kier molecular flexibility index (Phi) is 6.15. The molecule has 0 aromatic heterocycles. The van der Waals surface area contributed by atoms with E-state index in [2.05, 4.69) is 49.7 Å². The molecule has 1 atom stereocenters. The van der Waals surface area contributed by atoms with E-state index in [1.165, 1.54) is 17.3 Å². The molecule has 0 saturated heterocycles. The Labute approximate surface area is 178 Å². The molecule has 0 aliphatic carbocycles. The SMILES string of the molecule is CCCN1c2cc(OC)c(C=Nc3ccc(C)c([N+](=O)[O-])c3)cc2C(C)CC1(C)C. The highest BCUT2D eigenvalue weighted by Gasteiger charge is 2.36. The van der Waals surface area contributed by atoms with Crippen LogP contribution in [-0.2, 0) is 0 Å². The number of aryl methyl sites for hydroxylation is 1. The fourth-order valence-electron chi connectivity index (χ4n) is 4.47. The Balaban J connectivity index is 2.03. The van der Waals surface area contributed by atoms with Crippen molar-refractivity contribution in [1.82, 2.24) is 0 Å². The first-order valence-electron chi connectivity index (χ1n) is 10.5. The van der Waals surface area contributed by atoms with Gasteiger partial charge in [0, 0.05) is 47.2 Å². The third-order valence-electron chi connectivity index (χ3n) is 5.93. The molecule has 2 aromatic rings. The molecule has 6 nitrogen and oxygen atoms in total. The van der Waals surface area contributed by atoms with E-state index in [0.717, 1.165) is 30.7 Å². The van der Waals surface area contributed by atoms with Gasteiger partial charge in [-0.1, -0.05) is 19.9 Å². The standard InChI is InChI=1S/C24H31N3O3/c1-7-10-26-22-13-23(30-6)18(11-20(22)17(3)14-24(26,4)5)15-25-19-9-8-16(2)21(12-19)27(28)29/h8-9,11-13,15,17H,7,10,14H2,1-6H3. The Bertz CT molecular complexity index is 982. The second-order valence-electron chi connectivity index (χ2n) is 8.71. The summed E-state index contributed by atoms with van der Waals surface area (Å²) in [7, 11) is 1.66. The third kappa shape index (κ3) is 4.18. The molecule has 1 aliphatic heterocycles. The minimum atomic E-state index is -0.375. The highest BCUT2D eigenvalue weighted by molar-refractivity contribution is 5.88. The van der Waals surface area contributed by atoms with Crippen LogP contribution in [0, 0.1) is 17.0 Å². The number of nitro benzene ring substituents is 1. The number of nitro groups is 1. The van der Waals surface area contributed by atoms with Crippen LogP contribution in [0.4, 0.5) is 17.1 Å². The summed E-state index contributed by atoms with van der Waals surface area (Å²) in [5, 5.41) is 11.2. The minimum Gasteiger partial charge on any atom is -0.496 e. The number of anilines is 1. The van der Waals surface area contributed by atoms with Crippen LogP contribution in [0.3, 0.4) is 0 Å². The predicted molar refractivity (Wildman–Crippen MR) is 123 cm³/mol. The molecule has 30 heavy (non-hydrogen) atoms. The van der Waals surface area contributed by atoms with Crippen molar-refractivity contribution in [3.63, 3.8) is 0 Å². The van der Waals surface area contributed by atoms with Crippen molar-refractivity contribution < 1.29 is 9.66 Å². The third-order valence-corrected chi connectivity index (χ3v) is 5.93. The van der Waals surface area contributed by atoms with Crippen molar-refractivity contribution in [1.29, 1.82) is 0 Å². The Morgan fingerprint density at radius 1 is 1.33 bits per heavy atom. The molecule has 0 spiro atoms. The van der Waals surface area contributed by atoms with E-state index in [1.54, 1.807) is 32.4 Å². The number of methoxy groups -OCH3 is 1. The van der Waals surface area contributed by atoms with Crippen LogP contribution in [0.2, 0.25) is 0 Å². The van der Waals surface area contributed by atoms with E-state index in [1.807, 2.05) is 0 Å². The summed E-state index contributed by atoms with van der Waals surface area (Å²) in [5.74, 6) is 1.17. The molecule has 0 bridgehead atoms. The van der Waals surface area contributed by atoms with Gasteiger partial charge in [-0.2, -0.15) is 0 Å². The molecular weight excluding hydrogens is 378 g/mol. The van der Waals surface area contributed by atoms with E-state index in [9.17, 15) is 10.1 Å². The molecule has 3 rings (SSSR count). The monoisotopic (exact) mass is 409 g/mol.